The molecule has 0 spiro atoms. The van der Waals surface area contributed by atoms with E-state index in [9.17, 15) is 4.79 Å². The predicted molar refractivity (Wildman–Crippen MR) is 167 cm³/mol. The molecule has 1 fully saturated rings. The number of aromatic nitrogens is 2. The molecule has 1 heterocycles. The summed E-state index contributed by atoms with van der Waals surface area (Å²) in [6.07, 6.45) is 2.86. The molecule has 1 aliphatic carbocycles. The Morgan fingerprint density at radius 1 is 0.977 bits per heavy atom. The molecular weight excluding hydrogens is 588 g/mol. The molecule has 0 saturated heterocycles. The molecule has 1 aromatic carbocycles. The van der Waals surface area contributed by atoms with E-state index in [1.54, 1.807) is 18.2 Å². The zero-order chi connectivity index (χ0) is 32.2. The lowest BCUT2D eigenvalue weighted by atomic mass is 9.49. The summed E-state index contributed by atoms with van der Waals surface area (Å²) in [6, 6.07) is 6.91. The molecule has 0 unspecified atom stereocenters. The summed E-state index contributed by atoms with van der Waals surface area (Å²) < 4.78 is 28.1. The number of hydrogen-bond donors (Lipinski definition) is 2. The van der Waals surface area contributed by atoms with Crippen molar-refractivity contribution in [1.82, 2.24) is 15.3 Å². The number of carbonyl (C=O) groups is 1. The zero-order valence-corrected chi connectivity index (χ0v) is 27.1. The molecule has 44 heavy (non-hydrogen) atoms. The van der Waals surface area contributed by atoms with Crippen LogP contribution in [0.1, 0.15) is 43.6 Å². The summed E-state index contributed by atoms with van der Waals surface area (Å²) in [5.74, 6) is 0.825. The highest BCUT2D eigenvalue weighted by molar-refractivity contribution is 6.31. The molecular formula is C31H45ClN6O6. The second-order valence-electron chi connectivity index (χ2n) is 11.7. The average Bonchev–Trinajstić information content (AvgIpc) is 3.00. The molecule has 242 valence electrons. The Morgan fingerprint density at radius 2 is 1.52 bits per heavy atom. The van der Waals surface area contributed by atoms with Crippen molar-refractivity contribution < 1.29 is 28.5 Å². The minimum Gasteiger partial charge on any atom is -0.489 e. The van der Waals surface area contributed by atoms with Gasteiger partial charge in [0.25, 0.3) is 5.91 Å². The summed E-state index contributed by atoms with van der Waals surface area (Å²) in [5.41, 5.74) is 5.36. The van der Waals surface area contributed by atoms with Crippen LogP contribution in [0.15, 0.2) is 30.6 Å². The van der Waals surface area contributed by atoms with Crippen LogP contribution in [0.2, 0.25) is 5.02 Å². The third kappa shape index (κ3) is 9.47. The maximum absolute atomic E-state index is 13.2. The van der Waals surface area contributed by atoms with Crippen LogP contribution in [0, 0.1) is 22.2 Å². The minimum absolute atomic E-state index is 0.168. The van der Waals surface area contributed by atoms with Gasteiger partial charge in [0.05, 0.1) is 69.0 Å². The van der Waals surface area contributed by atoms with Crippen LogP contribution in [-0.2, 0) is 18.9 Å². The van der Waals surface area contributed by atoms with Gasteiger partial charge >= 0.3 is 0 Å². The van der Waals surface area contributed by atoms with E-state index in [4.69, 9.17) is 46.3 Å². The van der Waals surface area contributed by atoms with Crippen molar-refractivity contribution in [3.05, 3.63) is 46.7 Å². The summed E-state index contributed by atoms with van der Waals surface area (Å²) >= 11 is 6.19. The number of nitrogens with two attached hydrogens (primary N) is 1. The number of hydrogen-bond acceptors (Lipinski definition) is 11. The molecule has 3 rings (SSSR count). The number of nitrogens with one attached hydrogen (secondary N) is 1. The molecule has 1 aromatic heterocycles. The van der Waals surface area contributed by atoms with Crippen molar-refractivity contribution in [2.45, 2.75) is 39.8 Å². The second kappa shape index (κ2) is 16.9. The summed E-state index contributed by atoms with van der Waals surface area (Å²) in [5, 5.41) is 12.6. The lowest BCUT2D eigenvalue weighted by Crippen LogP contribution is -2.74. The number of likely N-dealkylation sites (N-methyl/N-ethyl adjacent to an activating group) is 1. The first kappa shape index (κ1) is 35.4. The number of halogens is 1. The number of anilines is 1. The fourth-order valence-electron chi connectivity index (χ4n) is 5.59. The highest BCUT2D eigenvalue weighted by Gasteiger charge is 2.64. The Bertz CT molecular complexity index is 1220. The monoisotopic (exact) mass is 632 g/mol. The number of carbonyl (C=O) groups excluding carboxylic acids is 1. The summed E-state index contributed by atoms with van der Waals surface area (Å²) in [6.45, 7) is 13.3. The van der Waals surface area contributed by atoms with Gasteiger partial charge in [-0.2, -0.15) is 5.26 Å². The first-order chi connectivity index (χ1) is 21.0. The van der Waals surface area contributed by atoms with Crippen molar-refractivity contribution in [3.8, 4) is 11.8 Å². The van der Waals surface area contributed by atoms with Gasteiger partial charge in [-0.15, -0.1) is 0 Å². The molecule has 2 aromatic rings. The largest absolute Gasteiger partial charge is 0.489 e. The van der Waals surface area contributed by atoms with Gasteiger partial charge in [-0.3, -0.25) is 4.79 Å². The van der Waals surface area contributed by atoms with Gasteiger partial charge in [0.1, 0.15) is 17.9 Å². The van der Waals surface area contributed by atoms with E-state index in [0.717, 1.165) is 0 Å². The molecule has 0 bridgehead atoms. The van der Waals surface area contributed by atoms with E-state index < -0.39 is 0 Å². The Hall–Kier alpha value is -3.05. The Morgan fingerprint density at radius 3 is 2.05 bits per heavy atom. The van der Waals surface area contributed by atoms with Gasteiger partial charge in [-0.25, -0.2) is 9.97 Å². The smallest absolute Gasteiger partial charge is 0.254 e. The number of ether oxygens (including phenoxy) is 5. The Balaban J connectivity index is 1.38. The number of amides is 1. The standard InChI is InChI=1S/C31H45ClN6O6/c1-30(2)27(31(3,4)28(30)44-24-7-6-22(19-34)25(32)18-24)37-26(39)23-20-35-29(36-21-23)38(5)9-11-41-13-15-43-17-16-42-14-12-40-10-8-33/h6-7,18,20-21,27-28H,8-17,33H2,1-5H3,(H,37,39). The lowest BCUT2D eigenvalue weighted by Gasteiger charge is -2.63. The van der Waals surface area contributed by atoms with Crippen molar-refractivity contribution >= 4 is 23.5 Å². The van der Waals surface area contributed by atoms with Crippen LogP contribution < -0.4 is 20.7 Å². The summed E-state index contributed by atoms with van der Waals surface area (Å²) in [4.78, 5) is 23.8. The predicted octanol–water partition coefficient (Wildman–Crippen LogP) is 3.07. The minimum atomic E-state index is -0.376. The normalized spacial score (nSPS) is 18.2. The Kier molecular flexibility index (Phi) is 13.6. The highest BCUT2D eigenvalue weighted by atomic mass is 35.5. The number of nitrogens with zero attached hydrogens (tertiary/aromatic N) is 4. The van der Waals surface area contributed by atoms with Crippen LogP contribution in [0.3, 0.4) is 0 Å². The third-order valence-electron chi connectivity index (χ3n) is 7.62. The maximum atomic E-state index is 13.2. The quantitative estimate of drug-likeness (QED) is 0.220. The van der Waals surface area contributed by atoms with Crippen LogP contribution >= 0.6 is 11.6 Å². The lowest BCUT2D eigenvalue weighted by molar-refractivity contribution is -0.164. The topological polar surface area (TPSA) is 154 Å². The first-order valence-electron chi connectivity index (χ1n) is 14.7. The highest BCUT2D eigenvalue weighted by Crippen LogP contribution is 2.55. The molecule has 1 saturated carbocycles. The van der Waals surface area contributed by atoms with Gasteiger partial charge < -0.3 is 39.6 Å². The number of rotatable bonds is 19. The van der Waals surface area contributed by atoms with Crippen molar-refractivity contribution in [2.75, 3.05) is 77.9 Å². The first-order valence-corrected chi connectivity index (χ1v) is 15.1. The fraction of sp³-hybridized carbons (Fsp3) is 0.613. The summed E-state index contributed by atoms with van der Waals surface area (Å²) in [7, 11) is 1.87. The third-order valence-corrected chi connectivity index (χ3v) is 7.93. The Labute approximate surface area is 265 Å². The maximum Gasteiger partial charge on any atom is 0.254 e. The molecule has 0 aliphatic heterocycles. The van der Waals surface area contributed by atoms with Gasteiger partial charge in [0.15, 0.2) is 0 Å². The SMILES string of the molecule is CN(CCOCCOCCOCCOCCN)c1ncc(C(=O)NC2C(C)(C)C(Oc3ccc(C#N)c(Cl)c3)C2(C)C)cn1. The molecule has 1 aliphatic rings. The van der Waals surface area contributed by atoms with Crippen LogP contribution in [-0.4, -0.2) is 101 Å². The van der Waals surface area contributed by atoms with Gasteiger partial charge in [-0.1, -0.05) is 39.3 Å². The van der Waals surface area contributed by atoms with E-state index in [-0.39, 0.29) is 28.9 Å². The van der Waals surface area contributed by atoms with E-state index in [1.165, 1.54) is 12.4 Å². The van der Waals surface area contributed by atoms with Crippen LogP contribution in [0.25, 0.3) is 0 Å². The van der Waals surface area contributed by atoms with Crippen molar-refractivity contribution in [3.63, 3.8) is 0 Å². The van der Waals surface area contributed by atoms with Crippen LogP contribution in [0.4, 0.5) is 5.95 Å². The molecule has 13 heteroatoms. The molecule has 0 radical (unpaired) electrons. The molecule has 3 N–H and O–H groups in total. The average molecular weight is 633 g/mol. The number of nitriles is 1. The van der Waals surface area contributed by atoms with E-state index in [1.807, 2.05) is 11.9 Å². The van der Waals surface area contributed by atoms with Gasteiger partial charge in [0, 0.05) is 55.5 Å². The molecule has 0 atom stereocenters. The van der Waals surface area contributed by atoms with E-state index in [2.05, 4.69) is 49.0 Å². The van der Waals surface area contributed by atoms with Crippen LogP contribution in [0.5, 0.6) is 5.75 Å². The van der Waals surface area contributed by atoms with Crippen molar-refractivity contribution in [1.29, 1.82) is 5.26 Å². The number of benzene rings is 1. The second-order valence-corrected chi connectivity index (χ2v) is 12.1. The fourth-order valence-corrected chi connectivity index (χ4v) is 5.81. The zero-order valence-electron chi connectivity index (χ0n) is 26.3. The van der Waals surface area contributed by atoms with Gasteiger partial charge in [0.2, 0.25) is 5.95 Å². The van der Waals surface area contributed by atoms with E-state index >= 15 is 0 Å². The van der Waals surface area contributed by atoms with E-state index in [0.29, 0.717) is 93.8 Å². The molecule has 12 nitrogen and oxygen atoms in total. The molecule has 1 amide bonds. The van der Waals surface area contributed by atoms with Crippen molar-refractivity contribution in [2.24, 2.45) is 16.6 Å². The van der Waals surface area contributed by atoms with Gasteiger partial charge in [-0.05, 0) is 12.1 Å².